The summed E-state index contributed by atoms with van der Waals surface area (Å²) < 4.78 is 0. The van der Waals surface area contributed by atoms with Crippen LogP contribution >= 0.6 is 0 Å². The first-order valence-corrected chi connectivity index (χ1v) is 9.85. The fourth-order valence-corrected chi connectivity index (χ4v) is 3.35. The lowest BCUT2D eigenvalue weighted by atomic mass is 10.0. The molecule has 3 N–H and O–H groups in total. The maximum atomic E-state index is 12.7. The van der Waals surface area contributed by atoms with E-state index in [0.717, 1.165) is 30.5 Å². The number of hydrogen-bond acceptors (Lipinski definition) is 5. The normalized spacial score (nSPS) is 15.3. The Kier molecular flexibility index (Phi) is 8.68. The lowest BCUT2D eigenvalue weighted by molar-refractivity contribution is -0.149. The highest BCUT2D eigenvalue weighted by Crippen LogP contribution is 2.23. The minimum atomic E-state index is -0.833. The predicted molar refractivity (Wildman–Crippen MR) is 114 cm³/mol. The average molecular weight is 427 g/mol. The molecule has 1 aliphatic rings. The Bertz CT molecular complexity index is 965. The minimum Gasteiger partial charge on any atom is -0.481 e. The molecule has 9 heteroatoms. The number of likely N-dealkylation sites (tertiary alicyclic amines) is 1. The molecule has 1 atom stereocenters. The molecular weight excluding hydrogens is 402 g/mol. The quantitative estimate of drug-likeness (QED) is 0.501. The molecule has 0 unspecified atom stereocenters. The number of amides is 3. The Morgan fingerprint density at radius 1 is 1.10 bits per heavy atom. The van der Waals surface area contributed by atoms with E-state index in [9.17, 15) is 19.2 Å². The number of carboxylic acid groups (broad SMARTS) is 1. The summed E-state index contributed by atoms with van der Waals surface area (Å²) in [6, 6.07) is 12.3. The van der Waals surface area contributed by atoms with Crippen molar-refractivity contribution in [2.75, 3.05) is 18.4 Å². The number of carbonyl (C=O) groups excluding carboxylic acids is 4. The van der Waals surface area contributed by atoms with Gasteiger partial charge in [-0.15, -0.1) is 0 Å². The smallest absolute Gasteiger partial charge is 0.313 e. The molecule has 0 aromatic heterocycles. The van der Waals surface area contributed by atoms with E-state index in [1.807, 2.05) is 30.3 Å². The monoisotopic (exact) mass is 427 g/mol. The SMILES string of the molecule is CC(=O)O.O=CCNC(=O)[C@@H]1CCCCN1C(=O)C(=O)Nc1cccc2ccccc12. The highest BCUT2D eigenvalue weighted by Gasteiger charge is 2.35. The van der Waals surface area contributed by atoms with Crippen LogP contribution in [0.5, 0.6) is 0 Å². The van der Waals surface area contributed by atoms with Gasteiger partial charge in [-0.3, -0.25) is 19.2 Å². The first kappa shape index (κ1) is 23.5. The van der Waals surface area contributed by atoms with E-state index in [1.54, 1.807) is 12.1 Å². The van der Waals surface area contributed by atoms with Crippen molar-refractivity contribution in [3.05, 3.63) is 42.5 Å². The largest absolute Gasteiger partial charge is 0.481 e. The van der Waals surface area contributed by atoms with E-state index < -0.39 is 29.7 Å². The molecular formula is C22H25N3O6. The summed E-state index contributed by atoms with van der Waals surface area (Å²) in [4.78, 5) is 58.2. The fraction of sp³-hybridized carbons (Fsp3) is 0.318. The number of carbonyl (C=O) groups is 5. The number of anilines is 1. The number of nitrogens with zero attached hydrogens (tertiary/aromatic N) is 1. The molecule has 9 nitrogen and oxygen atoms in total. The van der Waals surface area contributed by atoms with Crippen LogP contribution in [0.4, 0.5) is 5.69 Å². The zero-order chi connectivity index (χ0) is 22.8. The molecule has 31 heavy (non-hydrogen) atoms. The van der Waals surface area contributed by atoms with Gasteiger partial charge in [-0.2, -0.15) is 0 Å². The fourth-order valence-electron chi connectivity index (χ4n) is 3.35. The summed E-state index contributed by atoms with van der Waals surface area (Å²) in [6.45, 7) is 1.31. The second-order valence-electron chi connectivity index (χ2n) is 6.92. The van der Waals surface area contributed by atoms with Gasteiger partial charge < -0.3 is 25.4 Å². The van der Waals surface area contributed by atoms with Gasteiger partial charge in [0.15, 0.2) is 0 Å². The number of fused-ring (bicyclic) bond motifs is 1. The number of aldehydes is 1. The van der Waals surface area contributed by atoms with Crippen LogP contribution in [0.15, 0.2) is 42.5 Å². The number of carboxylic acids is 1. The molecule has 1 saturated heterocycles. The van der Waals surface area contributed by atoms with Crippen molar-refractivity contribution in [2.24, 2.45) is 0 Å². The Morgan fingerprint density at radius 2 is 1.77 bits per heavy atom. The Balaban J connectivity index is 0.000000785. The van der Waals surface area contributed by atoms with E-state index in [1.165, 1.54) is 4.90 Å². The first-order chi connectivity index (χ1) is 14.8. The van der Waals surface area contributed by atoms with Gasteiger partial charge >= 0.3 is 11.8 Å². The van der Waals surface area contributed by atoms with Gasteiger partial charge in [0.1, 0.15) is 12.3 Å². The van der Waals surface area contributed by atoms with E-state index in [-0.39, 0.29) is 6.54 Å². The molecule has 2 aromatic carbocycles. The highest BCUT2D eigenvalue weighted by molar-refractivity contribution is 6.40. The van der Waals surface area contributed by atoms with Gasteiger partial charge in [0.05, 0.1) is 6.54 Å². The molecule has 0 bridgehead atoms. The standard InChI is InChI=1S/C20H21N3O4.C2H4O2/c24-13-11-21-18(25)17-10-3-4-12-23(17)20(27)19(26)22-16-9-5-7-14-6-1-2-8-15(14)16;1-2(3)4/h1-2,5-9,13,17H,3-4,10-12H2,(H,21,25)(H,22,26);1H3,(H,3,4)/t17-;/m0./s1. The van der Waals surface area contributed by atoms with Gasteiger partial charge in [0.2, 0.25) is 5.91 Å². The van der Waals surface area contributed by atoms with Crippen molar-refractivity contribution in [3.8, 4) is 0 Å². The summed E-state index contributed by atoms with van der Waals surface area (Å²) in [5.74, 6) is -2.76. The molecule has 1 aliphatic heterocycles. The van der Waals surface area contributed by atoms with Crippen LogP contribution in [0.2, 0.25) is 0 Å². The third kappa shape index (κ3) is 6.63. The third-order valence-electron chi connectivity index (χ3n) is 4.66. The Labute approximate surface area is 179 Å². The molecule has 0 radical (unpaired) electrons. The summed E-state index contributed by atoms with van der Waals surface area (Å²) in [6.07, 6.45) is 2.57. The zero-order valence-corrected chi connectivity index (χ0v) is 17.2. The van der Waals surface area contributed by atoms with Gasteiger partial charge in [0.25, 0.3) is 5.97 Å². The van der Waals surface area contributed by atoms with Crippen LogP contribution in [0.1, 0.15) is 26.2 Å². The summed E-state index contributed by atoms with van der Waals surface area (Å²) in [5, 5.41) is 14.3. The van der Waals surface area contributed by atoms with Crippen LogP contribution in [-0.4, -0.2) is 59.1 Å². The molecule has 2 aromatic rings. The van der Waals surface area contributed by atoms with Crippen LogP contribution in [0.3, 0.4) is 0 Å². The maximum absolute atomic E-state index is 12.7. The molecule has 0 spiro atoms. The molecule has 1 heterocycles. The van der Waals surface area contributed by atoms with Gasteiger partial charge in [-0.25, -0.2) is 0 Å². The van der Waals surface area contributed by atoms with E-state index in [2.05, 4.69) is 10.6 Å². The molecule has 0 aliphatic carbocycles. The molecule has 1 fully saturated rings. The van der Waals surface area contributed by atoms with E-state index >= 15 is 0 Å². The molecule has 164 valence electrons. The van der Waals surface area contributed by atoms with Crippen molar-refractivity contribution in [3.63, 3.8) is 0 Å². The van der Waals surface area contributed by atoms with Crippen molar-refractivity contribution in [1.29, 1.82) is 0 Å². The number of nitrogens with one attached hydrogen (secondary N) is 2. The second kappa shape index (κ2) is 11.4. The summed E-state index contributed by atoms with van der Waals surface area (Å²) in [5.41, 5.74) is 0.547. The van der Waals surface area contributed by atoms with Crippen molar-refractivity contribution in [1.82, 2.24) is 10.2 Å². The van der Waals surface area contributed by atoms with Crippen molar-refractivity contribution in [2.45, 2.75) is 32.2 Å². The van der Waals surface area contributed by atoms with E-state index in [4.69, 9.17) is 9.90 Å². The number of benzene rings is 2. The van der Waals surface area contributed by atoms with Crippen molar-refractivity contribution >= 4 is 46.4 Å². The van der Waals surface area contributed by atoms with Crippen LogP contribution in [0, 0.1) is 0 Å². The predicted octanol–water partition coefficient (Wildman–Crippen LogP) is 1.57. The zero-order valence-electron chi connectivity index (χ0n) is 17.2. The Hall–Kier alpha value is -3.75. The summed E-state index contributed by atoms with van der Waals surface area (Å²) >= 11 is 0. The molecule has 0 saturated carbocycles. The Morgan fingerprint density at radius 3 is 2.48 bits per heavy atom. The molecule has 3 rings (SSSR count). The van der Waals surface area contributed by atoms with Crippen LogP contribution < -0.4 is 10.6 Å². The highest BCUT2D eigenvalue weighted by atomic mass is 16.4. The van der Waals surface area contributed by atoms with Gasteiger partial charge in [-0.05, 0) is 30.7 Å². The number of aliphatic carboxylic acids is 1. The number of piperidine rings is 1. The van der Waals surface area contributed by atoms with Crippen LogP contribution in [0.25, 0.3) is 10.8 Å². The second-order valence-corrected chi connectivity index (χ2v) is 6.92. The lowest BCUT2D eigenvalue weighted by Gasteiger charge is -2.34. The number of hydrogen-bond donors (Lipinski definition) is 3. The van der Waals surface area contributed by atoms with E-state index in [0.29, 0.717) is 24.9 Å². The van der Waals surface area contributed by atoms with Crippen LogP contribution in [-0.2, 0) is 24.0 Å². The first-order valence-electron chi connectivity index (χ1n) is 9.85. The summed E-state index contributed by atoms with van der Waals surface area (Å²) in [7, 11) is 0. The van der Waals surface area contributed by atoms with Crippen molar-refractivity contribution < 1.29 is 29.1 Å². The average Bonchev–Trinajstić information content (AvgIpc) is 2.76. The lowest BCUT2D eigenvalue weighted by Crippen LogP contribution is -2.54. The van der Waals surface area contributed by atoms with Gasteiger partial charge in [-0.1, -0.05) is 36.4 Å². The third-order valence-corrected chi connectivity index (χ3v) is 4.66. The molecule has 3 amide bonds. The number of rotatable bonds is 4. The maximum Gasteiger partial charge on any atom is 0.313 e. The van der Waals surface area contributed by atoms with Gasteiger partial charge in [0, 0.05) is 24.5 Å². The topological polar surface area (TPSA) is 133 Å². The minimum absolute atomic E-state index is 0.112.